The Hall–Kier alpha value is -1.68. The Morgan fingerprint density at radius 3 is 2.67 bits per heavy atom. The van der Waals surface area contributed by atoms with Gasteiger partial charge in [-0.15, -0.1) is 0 Å². The molecule has 0 saturated carbocycles. The predicted octanol–water partition coefficient (Wildman–Crippen LogP) is 3.39. The highest BCUT2D eigenvalue weighted by molar-refractivity contribution is 9.10. The number of nitrogens with zero attached hydrogens (tertiary/aromatic N) is 3. The zero-order valence-electron chi connectivity index (χ0n) is 9.97. The number of rotatable bonds is 2. The first-order valence-corrected chi connectivity index (χ1v) is 6.57. The van der Waals surface area contributed by atoms with Gasteiger partial charge in [0.1, 0.15) is 0 Å². The molecule has 0 atom stereocenters. The van der Waals surface area contributed by atoms with Gasteiger partial charge in [-0.3, -0.25) is 0 Å². The van der Waals surface area contributed by atoms with Crippen LogP contribution < -0.4 is 0 Å². The van der Waals surface area contributed by atoms with E-state index >= 15 is 0 Å². The molecule has 4 heteroatoms. The Morgan fingerprint density at radius 2 is 1.94 bits per heavy atom. The van der Waals surface area contributed by atoms with E-state index < -0.39 is 0 Å². The van der Waals surface area contributed by atoms with Gasteiger partial charge in [0.05, 0.1) is 0 Å². The van der Waals surface area contributed by atoms with Crippen LogP contribution in [0.5, 0.6) is 0 Å². The van der Waals surface area contributed by atoms with Gasteiger partial charge in [0.15, 0.2) is 11.5 Å². The van der Waals surface area contributed by atoms with Crippen LogP contribution in [0.4, 0.5) is 0 Å². The molecule has 0 aliphatic heterocycles. The van der Waals surface area contributed by atoms with Crippen molar-refractivity contribution in [1.29, 1.82) is 0 Å². The zero-order chi connectivity index (χ0) is 12.5. The standard InChI is InChI=1S/C14H12BrN3/c1-10-3-2-8-18-14(10)16-13(17-18)9-11-4-6-12(15)7-5-11/h2-8H,9H2,1H3. The van der Waals surface area contributed by atoms with Crippen molar-refractivity contribution in [3.8, 4) is 0 Å². The van der Waals surface area contributed by atoms with E-state index in [2.05, 4.69) is 38.1 Å². The van der Waals surface area contributed by atoms with E-state index in [1.165, 1.54) is 5.56 Å². The molecule has 3 aromatic rings. The third-order valence-corrected chi connectivity index (χ3v) is 3.41. The number of aromatic nitrogens is 3. The third-order valence-electron chi connectivity index (χ3n) is 2.88. The van der Waals surface area contributed by atoms with Gasteiger partial charge in [-0.05, 0) is 36.2 Å². The normalized spacial score (nSPS) is 11.0. The van der Waals surface area contributed by atoms with Crippen molar-refractivity contribution in [1.82, 2.24) is 14.6 Å². The average Bonchev–Trinajstić information content (AvgIpc) is 2.76. The van der Waals surface area contributed by atoms with Crippen molar-refractivity contribution < 1.29 is 0 Å². The fourth-order valence-electron chi connectivity index (χ4n) is 1.94. The van der Waals surface area contributed by atoms with E-state index in [-0.39, 0.29) is 0 Å². The molecule has 18 heavy (non-hydrogen) atoms. The van der Waals surface area contributed by atoms with Crippen molar-refractivity contribution in [3.05, 3.63) is 64.0 Å². The second kappa shape index (κ2) is 4.53. The predicted molar refractivity (Wildman–Crippen MR) is 74.7 cm³/mol. The summed E-state index contributed by atoms with van der Waals surface area (Å²) >= 11 is 3.43. The molecule has 0 aliphatic carbocycles. The molecule has 3 nitrogen and oxygen atoms in total. The maximum absolute atomic E-state index is 4.57. The van der Waals surface area contributed by atoms with E-state index in [1.54, 1.807) is 0 Å². The van der Waals surface area contributed by atoms with E-state index in [0.29, 0.717) is 0 Å². The average molecular weight is 302 g/mol. The van der Waals surface area contributed by atoms with Crippen LogP contribution in [0.15, 0.2) is 47.1 Å². The molecule has 0 saturated heterocycles. The van der Waals surface area contributed by atoms with Crippen molar-refractivity contribution in [2.24, 2.45) is 0 Å². The number of fused-ring (bicyclic) bond motifs is 1. The lowest BCUT2D eigenvalue weighted by Crippen LogP contribution is -1.91. The summed E-state index contributed by atoms with van der Waals surface area (Å²) in [7, 11) is 0. The Morgan fingerprint density at radius 1 is 1.17 bits per heavy atom. The van der Waals surface area contributed by atoms with Crippen LogP contribution in [0.25, 0.3) is 5.65 Å². The molecule has 3 rings (SSSR count). The summed E-state index contributed by atoms with van der Waals surface area (Å²) in [6.45, 7) is 2.05. The van der Waals surface area contributed by atoms with Gasteiger partial charge in [-0.1, -0.05) is 34.1 Å². The van der Waals surface area contributed by atoms with Crippen LogP contribution in [-0.2, 0) is 6.42 Å². The quantitative estimate of drug-likeness (QED) is 0.726. The fourth-order valence-corrected chi connectivity index (χ4v) is 2.21. The molecule has 2 heterocycles. The van der Waals surface area contributed by atoms with Gasteiger partial charge in [-0.25, -0.2) is 9.50 Å². The van der Waals surface area contributed by atoms with E-state index in [0.717, 1.165) is 27.9 Å². The van der Waals surface area contributed by atoms with Gasteiger partial charge >= 0.3 is 0 Å². The number of hydrogen-bond donors (Lipinski definition) is 0. The van der Waals surface area contributed by atoms with Gasteiger partial charge in [0.25, 0.3) is 0 Å². The molecule has 0 bridgehead atoms. The zero-order valence-corrected chi connectivity index (χ0v) is 11.6. The number of aryl methyl sites for hydroxylation is 1. The number of hydrogen-bond acceptors (Lipinski definition) is 2. The van der Waals surface area contributed by atoms with Gasteiger partial charge in [0.2, 0.25) is 0 Å². The topological polar surface area (TPSA) is 30.2 Å². The minimum absolute atomic E-state index is 0.758. The summed E-state index contributed by atoms with van der Waals surface area (Å²) < 4.78 is 2.92. The van der Waals surface area contributed by atoms with Crippen LogP contribution >= 0.6 is 15.9 Å². The summed E-state index contributed by atoms with van der Waals surface area (Å²) in [6, 6.07) is 12.3. The smallest absolute Gasteiger partial charge is 0.158 e. The summed E-state index contributed by atoms with van der Waals surface area (Å²) in [5.41, 5.74) is 3.29. The lowest BCUT2D eigenvalue weighted by atomic mass is 10.1. The number of pyridine rings is 1. The summed E-state index contributed by atoms with van der Waals surface area (Å²) in [5, 5.41) is 4.49. The van der Waals surface area contributed by atoms with Crippen LogP contribution in [0.3, 0.4) is 0 Å². The van der Waals surface area contributed by atoms with Crippen LogP contribution in [0, 0.1) is 6.92 Å². The first kappa shape index (κ1) is 11.4. The molecule has 0 amide bonds. The lowest BCUT2D eigenvalue weighted by molar-refractivity contribution is 0.898. The van der Waals surface area contributed by atoms with Gasteiger partial charge < -0.3 is 0 Å². The Kier molecular flexibility index (Phi) is 2.88. The Balaban J connectivity index is 1.95. The largest absolute Gasteiger partial charge is 0.221 e. The maximum Gasteiger partial charge on any atom is 0.158 e. The molecule has 2 aromatic heterocycles. The van der Waals surface area contributed by atoms with Crippen molar-refractivity contribution in [2.75, 3.05) is 0 Å². The Bertz CT molecular complexity index is 686. The molecular formula is C14H12BrN3. The molecule has 0 radical (unpaired) electrons. The van der Waals surface area contributed by atoms with Crippen LogP contribution in [0.2, 0.25) is 0 Å². The van der Waals surface area contributed by atoms with Crippen LogP contribution in [0.1, 0.15) is 17.0 Å². The summed E-state index contributed by atoms with van der Waals surface area (Å²) in [5.74, 6) is 0.853. The van der Waals surface area contributed by atoms with E-state index in [1.807, 2.05) is 41.9 Å². The first-order chi connectivity index (χ1) is 8.72. The van der Waals surface area contributed by atoms with Crippen molar-refractivity contribution in [2.45, 2.75) is 13.3 Å². The van der Waals surface area contributed by atoms with Gasteiger partial charge in [-0.2, -0.15) is 5.10 Å². The highest BCUT2D eigenvalue weighted by Gasteiger charge is 2.06. The SMILES string of the molecule is Cc1cccn2nc(Cc3ccc(Br)cc3)nc12. The van der Waals surface area contributed by atoms with E-state index in [4.69, 9.17) is 0 Å². The van der Waals surface area contributed by atoms with Crippen molar-refractivity contribution >= 4 is 21.6 Å². The fraction of sp³-hybridized carbons (Fsp3) is 0.143. The molecular weight excluding hydrogens is 290 g/mol. The minimum atomic E-state index is 0.758. The van der Waals surface area contributed by atoms with Gasteiger partial charge in [0, 0.05) is 17.1 Å². The molecule has 1 aromatic carbocycles. The molecule has 0 fully saturated rings. The van der Waals surface area contributed by atoms with E-state index in [9.17, 15) is 0 Å². The molecule has 0 unspecified atom stereocenters. The minimum Gasteiger partial charge on any atom is -0.221 e. The molecule has 0 aliphatic rings. The molecule has 90 valence electrons. The number of halogens is 1. The summed E-state index contributed by atoms with van der Waals surface area (Å²) in [6.07, 6.45) is 2.69. The maximum atomic E-state index is 4.57. The second-order valence-electron chi connectivity index (χ2n) is 4.29. The lowest BCUT2D eigenvalue weighted by Gasteiger charge is -1.96. The van der Waals surface area contributed by atoms with Crippen LogP contribution in [-0.4, -0.2) is 14.6 Å². The van der Waals surface area contributed by atoms with Crippen molar-refractivity contribution in [3.63, 3.8) is 0 Å². The summed E-state index contributed by atoms with van der Waals surface area (Å²) in [4.78, 5) is 4.57. The number of benzene rings is 1. The molecule has 0 spiro atoms. The Labute approximate surface area is 114 Å². The molecule has 0 N–H and O–H groups in total. The monoisotopic (exact) mass is 301 g/mol. The highest BCUT2D eigenvalue weighted by atomic mass is 79.9. The third kappa shape index (κ3) is 2.16. The second-order valence-corrected chi connectivity index (χ2v) is 5.21. The first-order valence-electron chi connectivity index (χ1n) is 5.78. The highest BCUT2D eigenvalue weighted by Crippen LogP contribution is 2.14.